The van der Waals surface area contributed by atoms with E-state index in [2.05, 4.69) is 39.3 Å². The number of nitrogens with zero attached hydrogens (tertiary/aromatic N) is 1. The average molecular weight is 283 g/mol. The van der Waals surface area contributed by atoms with E-state index in [1.807, 2.05) is 12.4 Å². The highest BCUT2D eigenvalue weighted by molar-refractivity contribution is 9.10. The van der Waals surface area contributed by atoms with Crippen molar-refractivity contribution in [1.82, 2.24) is 10.3 Å². The second kappa shape index (κ2) is 5.78. The van der Waals surface area contributed by atoms with Crippen LogP contribution in [-0.2, 0) is 6.42 Å². The molecule has 0 radical (unpaired) electrons. The minimum atomic E-state index is 0.610. The van der Waals surface area contributed by atoms with Crippen molar-refractivity contribution in [2.24, 2.45) is 5.92 Å². The fraction of sp³-hybridized carbons (Fsp3) is 0.615. The molecule has 1 aromatic heterocycles. The van der Waals surface area contributed by atoms with Crippen LogP contribution in [0.3, 0.4) is 0 Å². The van der Waals surface area contributed by atoms with Crippen molar-refractivity contribution in [1.29, 1.82) is 0 Å². The molecule has 2 nitrogen and oxygen atoms in total. The Bertz CT molecular complexity index is 334. The van der Waals surface area contributed by atoms with Crippen LogP contribution in [0.25, 0.3) is 0 Å². The van der Waals surface area contributed by atoms with E-state index in [0.717, 1.165) is 16.8 Å². The van der Waals surface area contributed by atoms with E-state index in [1.165, 1.54) is 31.2 Å². The van der Waals surface area contributed by atoms with Gasteiger partial charge in [0.05, 0.1) is 0 Å². The Morgan fingerprint density at radius 3 is 2.81 bits per heavy atom. The van der Waals surface area contributed by atoms with E-state index in [9.17, 15) is 0 Å². The molecule has 1 fully saturated rings. The molecule has 0 aromatic carbocycles. The molecule has 0 spiro atoms. The lowest BCUT2D eigenvalue weighted by atomic mass is 9.93. The van der Waals surface area contributed by atoms with Crippen molar-refractivity contribution < 1.29 is 0 Å². The summed E-state index contributed by atoms with van der Waals surface area (Å²) in [5.74, 6) is 0.851. The normalized spacial score (nSPS) is 18.9. The van der Waals surface area contributed by atoms with Crippen LogP contribution < -0.4 is 5.32 Å². The van der Waals surface area contributed by atoms with Gasteiger partial charge in [0.1, 0.15) is 0 Å². The third-order valence-electron chi connectivity index (χ3n) is 3.56. The zero-order valence-corrected chi connectivity index (χ0v) is 11.3. The van der Waals surface area contributed by atoms with E-state index < -0.39 is 0 Å². The van der Waals surface area contributed by atoms with Crippen molar-refractivity contribution in [3.8, 4) is 0 Å². The summed E-state index contributed by atoms with van der Waals surface area (Å²) >= 11 is 3.47. The van der Waals surface area contributed by atoms with Gasteiger partial charge in [0.15, 0.2) is 0 Å². The fourth-order valence-corrected chi connectivity index (χ4v) is 3.10. The maximum atomic E-state index is 4.22. The van der Waals surface area contributed by atoms with Crippen LogP contribution in [0.5, 0.6) is 0 Å². The van der Waals surface area contributed by atoms with Crippen LogP contribution in [0.2, 0.25) is 0 Å². The topological polar surface area (TPSA) is 24.9 Å². The minimum absolute atomic E-state index is 0.610. The molecule has 0 saturated heterocycles. The van der Waals surface area contributed by atoms with Crippen molar-refractivity contribution in [2.75, 3.05) is 7.05 Å². The number of halogens is 1. The molecule has 1 aromatic rings. The summed E-state index contributed by atoms with van der Waals surface area (Å²) in [7, 11) is 2.08. The predicted molar refractivity (Wildman–Crippen MR) is 70.4 cm³/mol. The lowest BCUT2D eigenvalue weighted by Crippen LogP contribution is -2.34. The third kappa shape index (κ3) is 3.05. The molecular formula is C13H19BrN2. The van der Waals surface area contributed by atoms with E-state index in [4.69, 9.17) is 0 Å². The van der Waals surface area contributed by atoms with E-state index in [1.54, 1.807) is 0 Å². The molecule has 16 heavy (non-hydrogen) atoms. The fourth-order valence-electron chi connectivity index (χ4n) is 2.69. The summed E-state index contributed by atoms with van der Waals surface area (Å²) in [5.41, 5.74) is 1.32. The van der Waals surface area contributed by atoms with Gasteiger partial charge in [0, 0.05) is 22.9 Å². The molecule has 2 rings (SSSR count). The van der Waals surface area contributed by atoms with Crippen LogP contribution in [-0.4, -0.2) is 18.1 Å². The molecule has 0 amide bonds. The maximum Gasteiger partial charge on any atom is 0.0410 e. The van der Waals surface area contributed by atoms with Gasteiger partial charge in [0.2, 0.25) is 0 Å². The van der Waals surface area contributed by atoms with Gasteiger partial charge in [-0.1, -0.05) is 12.8 Å². The second-order valence-corrected chi connectivity index (χ2v) is 5.57. The van der Waals surface area contributed by atoms with Crippen LogP contribution in [0.15, 0.2) is 22.9 Å². The maximum absolute atomic E-state index is 4.22. The molecular weight excluding hydrogens is 264 g/mol. The van der Waals surface area contributed by atoms with Gasteiger partial charge in [-0.3, -0.25) is 4.98 Å². The number of rotatable bonds is 4. The highest BCUT2D eigenvalue weighted by Gasteiger charge is 2.23. The number of nitrogens with one attached hydrogen (secondary N) is 1. The van der Waals surface area contributed by atoms with Gasteiger partial charge in [0.25, 0.3) is 0 Å². The molecule has 1 aliphatic carbocycles. The smallest absolute Gasteiger partial charge is 0.0410 e. The largest absolute Gasteiger partial charge is 0.316 e. The lowest BCUT2D eigenvalue weighted by Gasteiger charge is -2.22. The molecule has 88 valence electrons. The summed E-state index contributed by atoms with van der Waals surface area (Å²) in [6.07, 6.45) is 10.5. The predicted octanol–water partition coefficient (Wildman–Crippen LogP) is 3.16. The highest BCUT2D eigenvalue weighted by Crippen LogP contribution is 2.29. The summed E-state index contributed by atoms with van der Waals surface area (Å²) in [4.78, 5) is 4.22. The second-order valence-electron chi connectivity index (χ2n) is 4.66. The standard InChI is InChI=1S/C13H19BrN2/c1-15-13(11-4-2-3-5-11)7-10-6-12(14)9-16-8-10/h6,8-9,11,13,15H,2-5,7H2,1H3. The Kier molecular flexibility index (Phi) is 4.36. The quantitative estimate of drug-likeness (QED) is 0.918. The first-order valence-electron chi connectivity index (χ1n) is 6.06. The Labute approximate surface area is 106 Å². The summed E-state index contributed by atoms with van der Waals surface area (Å²) in [6.45, 7) is 0. The molecule has 1 aliphatic rings. The SMILES string of the molecule is CNC(Cc1cncc(Br)c1)C1CCCC1. The molecule has 1 unspecified atom stereocenters. The van der Waals surface area contributed by atoms with E-state index >= 15 is 0 Å². The van der Waals surface area contributed by atoms with Gasteiger partial charge in [-0.05, 0) is 59.8 Å². The monoisotopic (exact) mass is 282 g/mol. The lowest BCUT2D eigenvalue weighted by molar-refractivity contribution is 0.377. The van der Waals surface area contributed by atoms with E-state index in [-0.39, 0.29) is 0 Å². The highest BCUT2D eigenvalue weighted by atomic mass is 79.9. The van der Waals surface area contributed by atoms with Gasteiger partial charge >= 0.3 is 0 Å². The first-order chi connectivity index (χ1) is 7.79. The number of hydrogen-bond donors (Lipinski definition) is 1. The third-order valence-corrected chi connectivity index (χ3v) is 3.99. The van der Waals surface area contributed by atoms with Crippen LogP contribution in [0.1, 0.15) is 31.2 Å². The van der Waals surface area contributed by atoms with Gasteiger partial charge < -0.3 is 5.32 Å². The molecule has 1 saturated carbocycles. The number of likely N-dealkylation sites (N-methyl/N-ethyl adjacent to an activating group) is 1. The Morgan fingerprint density at radius 2 is 2.19 bits per heavy atom. The summed E-state index contributed by atoms with van der Waals surface area (Å²) < 4.78 is 1.08. The minimum Gasteiger partial charge on any atom is -0.316 e. The van der Waals surface area contributed by atoms with Crippen molar-refractivity contribution in [3.05, 3.63) is 28.5 Å². The van der Waals surface area contributed by atoms with Gasteiger partial charge in [-0.15, -0.1) is 0 Å². The molecule has 1 N–H and O–H groups in total. The zero-order valence-electron chi connectivity index (χ0n) is 9.75. The Hall–Kier alpha value is -0.410. The van der Waals surface area contributed by atoms with Crippen LogP contribution in [0, 0.1) is 5.92 Å². The molecule has 0 bridgehead atoms. The first kappa shape index (κ1) is 12.1. The molecule has 1 atom stereocenters. The Morgan fingerprint density at radius 1 is 1.44 bits per heavy atom. The first-order valence-corrected chi connectivity index (χ1v) is 6.85. The number of pyridine rings is 1. The van der Waals surface area contributed by atoms with Crippen molar-refractivity contribution >= 4 is 15.9 Å². The molecule has 3 heteroatoms. The molecule has 1 heterocycles. The average Bonchev–Trinajstić information content (AvgIpc) is 2.79. The Balaban J connectivity index is 2.00. The van der Waals surface area contributed by atoms with Crippen molar-refractivity contribution in [2.45, 2.75) is 38.1 Å². The van der Waals surface area contributed by atoms with Gasteiger partial charge in [-0.2, -0.15) is 0 Å². The van der Waals surface area contributed by atoms with Crippen LogP contribution in [0.4, 0.5) is 0 Å². The molecule has 0 aliphatic heterocycles. The number of aromatic nitrogens is 1. The van der Waals surface area contributed by atoms with Crippen molar-refractivity contribution in [3.63, 3.8) is 0 Å². The number of hydrogen-bond acceptors (Lipinski definition) is 2. The summed E-state index contributed by atoms with van der Waals surface area (Å²) in [5, 5.41) is 3.47. The zero-order chi connectivity index (χ0) is 11.4. The van der Waals surface area contributed by atoms with Gasteiger partial charge in [-0.25, -0.2) is 0 Å². The summed E-state index contributed by atoms with van der Waals surface area (Å²) in [6, 6.07) is 2.78. The van der Waals surface area contributed by atoms with Crippen LogP contribution >= 0.6 is 15.9 Å². The van der Waals surface area contributed by atoms with E-state index in [0.29, 0.717) is 6.04 Å².